The topological polar surface area (TPSA) is 73.5 Å². The van der Waals surface area contributed by atoms with Crippen molar-refractivity contribution in [1.29, 1.82) is 0 Å². The number of nitrogens with zero attached hydrogens (tertiary/aromatic N) is 1. The van der Waals surface area contributed by atoms with Crippen LogP contribution < -0.4 is 16.0 Å². The Kier molecular flexibility index (Phi) is 7.54. The first-order chi connectivity index (χ1) is 16.8. The molecule has 3 aromatic carbocycles. The van der Waals surface area contributed by atoms with Crippen molar-refractivity contribution < 1.29 is 9.59 Å². The number of fused-ring (bicyclic) bond motifs is 1. The first-order valence-corrected chi connectivity index (χ1v) is 11.9. The van der Waals surface area contributed by atoms with Crippen molar-refractivity contribution in [2.75, 3.05) is 31.8 Å². The van der Waals surface area contributed by atoms with Gasteiger partial charge in [0, 0.05) is 36.3 Å². The van der Waals surface area contributed by atoms with E-state index in [1.807, 2.05) is 56.6 Å². The number of carbonyl (C=O) groups excluding carboxylic acids is 2. The van der Waals surface area contributed by atoms with Crippen molar-refractivity contribution in [3.05, 3.63) is 94.0 Å². The van der Waals surface area contributed by atoms with E-state index < -0.39 is 0 Å². The van der Waals surface area contributed by atoms with E-state index in [0.29, 0.717) is 34.8 Å². The monoisotopic (exact) mass is 488 g/mol. The van der Waals surface area contributed by atoms with Gasteiger partial charge < -0.3 is 20.9 Å². The van der Waals surface area contributed by atoms with Crippen LogP contribution >= 0.6 is 11.6 Å². The summed E-state index contributed by atoms with van der Waals surface area (Å²) in [7, 11) is 5.71. The maximum Gasteiger partial charge on any atom is 0.258 e. The summed E-state index contributed by atoms with van der Waals surface area (Å²) >= 11 is 6.17. The van der Waals surface area contributed by atoms with Gasteiger partial charge in [0.1, 0.15) is 0 Å². The number of amides is 2. The van der Waals surface area contributed by atoms with Crippen LogP contribution in [0, 0.1) is 0 Å². The molecule has 0 aliphatic carbocycles. The summed E-state index contributed by atoms with van der Waals surface area (Å²) in [5, 5.41) is 9.66. The Morgan fingerprint density at radius 1 is 1.00 bits per heavy atom. The average Bonchev–Trinajstić information content (AvgIpc) is 3.16. The SMILES string of the molecule is CNC(=O)CCc1cccc(/C(Nc2ccc(CN(C)C)cc2)=C2/C(=O)Nc3cc(Cl)ccc32)c1. The molecule has 4 rings (SSSR count). The van der Waals surface area contributed by atoms with Crippen LogP contribution in [0.25, 0.3) is 11.3 Å². The van der Waals surface area contributed by atoms with Crippen LogP contribution in [-0.4, -0.2) is 37.9 Å². The largest absolute Gasteiger partial charge is 0.359 e. The van der Waals surface area contributed by atoms with Crippen molar-refractivity contribution in [3.63, 3.8) is 0 Å². The summed E-state index contributed by atoms with van der Waals surface area (Å²) in [6.07, 6.45) is 1.00. The molecule has 2 amide bonds. The van der Waals surface area contributed by atoms with Crippen molar-refractivity contribution in [2.45, 2.75) is 19.4 Å². The third-order valence-electron chi connectivity index (χ3n) is 5.83. The smallest absolute Gasteiger partial charge is 0.258 e. The van der Waals surface area contributed by atoms with Gasteiger partial charge in [-0.15, -0.1) is 0 Å². The molecule has 35 heavy (non-hydrogen) atoms. The Hall–Kier alpha value is -3.61. The Labute approximate surface area is 211 Å². The van der Waals surface area contributed by atoms with Gasteiger partial charge in [-0.1, -0.05) is 48.0 Å². The standard InChI is InChI=1S/C28H29ClN4O2/c1-30-25(34)14-9-18-5-4-6-20(15-18)27(31-22-11-7-19(8-12-22)17-33(2)3)26-23-13-10-21(29)16-24(23)32-28(26)35/h4-8,10-13,15-16,31H,9,14,17H2,1-3H3,(H,30,34)(H,32,35)/b27-26-. The van der Waals surface area contributed by atoms with E-state index >= 15 is 0 Å². The van der Waals surface area contributed by atoms with E-state index in [-0.39, 0.29) is 11.8 Å². The lowest BCUT2D eigenvalue weighted by Gasteiger charge is -2.17. The molecule has 3 N–H and O–H groups in total. The molecule has 0 aromatic heterocycles. The molecule has 0 unspecified atom stereocenters. The lowest BCUT2D eigenvalue weighted by Crippen LogP contribution is -2.18. The lowest BCUT2D eigenvalue weighted by molar-refractivity contribution is -0.120. The van der Waals surface area contributed by atoms with Gasteiger partial charge in [-0.25, -0.2) is 0 Å². The molecule has 0 radical (unpaired) electrons. The van der Waals surface area contributed by atoms with Gasteiger partial charge in [-0.3, -0.25) is 9.59 Å². The predicted molar refractivity (Wildman–Crippen MR) is 143 cm³/mol. The zero-order chi connectivity index (χ0) is 24.9. The normalized spacial score (nSPS) is 13.9. The van der Waals surface area contributed by atoms with Gasteiger partial charge in [-0.05, 0) is 67.5 Å². The molecule has 3 aromatic rings. The summed E-state index contributed by atoms with van der Waals surface area (Å²) in [4.78, 5) is 27.0. The fourth-order valence-electron chi connectivity index (χ4n) is 4.14. The number of hydrogen-bond donors (Lipinski definition) is 3. The Morgan fingerprint density at radius 2 is 1.77 bits per heavy atom. The molecule has 1 aliphatic rings. The lowest BCUT2D eigenvalue weighted by atomic mass is 9.97. The van der Waals surface area contributed by atoms with Crippen LogP contribution in [0.15, 0.2) is 66.7 Å². The summed E-state index contributed by atoms with van der Waals surface area (Å²) in [5.74, 6) is -0.198. The minimum atomic E-state index is -0.190. The van der Waals surface area contributed by atoms with Crippen molar-refractivity contribution in [1.82, 2.24) is 10.2 Å². The fourth-order valence-corrected chi connectivity index (χ4v) is 4.31. The van der Waals surface area contributed by atoms with Gasteiger partial charge in [-0.2, -0.15) is 0 Å². The number of nitrogens with one attached hydrogen (secondary N) is 3. The van der Waals surface area contributed by atoms with Crippen LogP contribution in [0.2, 0.25) is 5.02 Å². The summed E-state index contributed by atoms with van der Waals surface area (Å²) in [6, 6.07) is 21.5. The Balaban J connectivity index is 1.76. The van der Waals surface area contributed by atoms with Crippen LogP contribution in [0.4, 0.5) is 11.4 Å². The number of halogens is 1. The third kappa shape index (κ3) is 5.91. The van der Waals surface area contributed by atoms with Crippen LogP contribution in [0.1, 0.15) is 28.7 Å². The molecule has 1 heterocycles. The Bertz CT molecular complexity index is 1280. The zero-order valence-corrected chi connectivity index (χ0v) is 20.9. The molecular formula is C28H29ClN4O2. The molecule has 0 saturated heterocycles. The maximum atomic E-state index is 13.2. The van der Waals surface area contributed by atoms with E-state index in [9.17, 15) is 9.59 Å². The zero-order valence-electron chi connectivity index (χ0n) is 20.1. The van der Waals surface area contributed by atoms with E-state index in [1.165, 1.54) is 5.56 Å². The van der Waals surface area contributed by atoms with Gasteiger partial charge in [0.15, 0.2) is 0 Å². The van der Waals surface area contributed by atoms with Crippen molar-refractivity contribution in [2.24, 2.45) is 0 Å². The number of aryl methyl sites for hydroxylation is 1. The molecule has 1 aliphatic heterocycles. The highest BCUT2D eigenvalue weighted by molar-refractivity contribution is 6.38. The fraction of sp³-hybridized carbons (Fsp3) is 0.214. The maximum absolute atomic E-state index is 13.2. The van der Waals surface area contributed by atoms with E-state index in [2.05, 4.69) is 33.0 Å². The van der Waals surface area contributed by atoms with Crippen LogP contribution in [-0.2, 0) is 22.6 Å². The molecule has 0 atom stereocenters. The summed E-state index contributed by atoms with van der Waals surface area (Å²) < 4.78 is 0. The van der Waals surface area contributed by atoms with E-state index in [0.717, 1.165) is 28.9 Å². The Morgan fingerprint density at radius 3 is 2.49 bits per heavy atom. The average molecular weight is 489 g/mol. The van der Waals surface area contributed by atoms with Crippen LogP contribution in [0.3, 0.4) is 0 Å². The van der Waals surface area contributed by atoms with Gasteiger partial charge in [0.25, 0.3) is 5.91 Å². The van der Waals surface area contributed by atoms with Crippen molar-refractivity contribution in [3.8, 4) is 0 Å². The minimum Gasteiger partial charge on any atom is -0.359 e. The highest BCUT2D eigenvalue weighted by Crippen LogP contribution is 2.39. The molecule has 180 valence electrons. The number of rotatable bonds is 8. The van der Waals surface area contributed by atoms with Crippen molar-refractivity contribution >= 4 is 46.1 Å². The molecule has 0 saturated carbocycles. The van der Waals surface area contributed by atoms with Crippen LogP contribution in [0.5, 0.6) is 0 Å². The molecule has 7 heteroatoms. The molecule has 0 fully saturated rings. The highest BCUT2D eigenvalue weighted by Gasteiger charge is 2.28. The quantitative estimate of drug-likeness (QED) is 0.389. The second kappa shape index (κ2) is 10.8. The summed E-state index contributed by atoms with van der Waals surface area (Å²) in [6.45, 7) is 0.845. The first kappa shape index (κ1) is 24.5. The highest BCUT2D eigenvalue weighted by atomic mass is 35.5. The number of benzene rings is 3. The third-order valence-corrected chi connectivity index (χ3v) is 6.07. The van der Waals surface area contributed by atoms with Gasteiger partial charge in [0.2, 0.25) is 5.91 Å². The summed E-state index contributed by atoms with van der Waals surface area (Å²) in [5.41, 5.74) is 6.69. The molecule has 0 spiro atoms. The van der Waals surface area contributed by atoms with E-state index in [4.69, 9.17) is 11.6 Å². The molecule has 0 bridgehead atoms. The van der Waals surface area contributed by atoms with E-state index in [1.54, 1.807) is 19.2 Å². The first-order valence-electron chi connectivity index (χ1n) is 11.5. The predicted octanol–water partition coefficient (Wildman–Crippen LogP) is 5.01. The number of anilines is 2. The second-order valence-electron chi connectivity index (χ2n) is 8.83. The molecular weight excluding hydrogens is 460 g/mol. The second-order valence-corrected chi connectivity index (χ2v) is 9.26. The molecule has 6 nitrogen and oxygen atoms in total. The van der Waals surface area contributed by atoms with Gasteiger partial charge in [0.05, 0.1) is 17.0 Å². The number of hydrogen-bond acceptors (Lipinski definition) is 4. The van der Waals surface area contributed by atoms with Gasteiger partial charge >= 0.3 is 0 Å². The number of carbonyl (C=O) groups is 2. The minimum absolute atomic E-state index is 0.00843.